The Morgan fingerprint density at radius 2 is 1.78 bits per heavy atom. The van der Waals surface area contributed by atoms with E-state index < -0.39 is 10.0 Å². The highest BCUT2D eigenvalue weighted by atomic mass is 32.2. The summed E-state index contributed by atoms with van der Waals surface area (Å²) in [5.74, 6) is -0.365. The average Bonchev–Trinajstić information content (AvgIpc) is 2.49. The zero-order valence-electron chi connectivity index (χ0n) is 14.2. The highest BCUT2D eigenvalue weighted by Crippen LogP contribution is 2.23. The number of benzene rings is 1. The van der Waals surface area contributed by atoms with Crippen LogP contribution in [0.25, 0.3) is 0 Å². The van der Waals surface area contributed by atoms with Gasteiger partial charge in [-0.2, -0.15) is 0 Å². The predicted molar refractivity (Wildman–Crippen MR) is 89.8 cm³/mol. The van der Waals surface area contributed by atoms with Crippen molar-refractivity contribution < 1.29 is 17.9 Å². The van der Waals surface area contributed by atoms with Crippen molar-refractivity contribution in [3.63, 3.8) is 0 Å². The molecule has 0 fully saturated rings. The number of hydrogen-bond acceptors (Lipinski definition) is 4. The number of methoxy groups -OCH3 is 1. The van der Waals surface area contributed by atoms with Gasteiger partial charge in [0.1, 0.15) is 0 Å². The molecule has 0 unspecified atom stereocenters. The molecule has 6 nitrogen and oxygen atoms in total. The minimum Gasteiger partial charge on any atom is -0.385 e. The fourth-order valence-corrected chi connectivity index (χ4v) is 2.87. The first-order valence-electron chi connectivity index (χ1n) is 7.52. The van der Waals surface area contributed by atoms with Crippen LogP contribution in [-0.2, 0) is 25.0 Å². The van der Waals surface area contributed by atoms with Gasteiger partial charge in [0, 0.05) is 20.3 Å². The van der Waals surface area contributed by atoms with Gasteiger partial charge in [-0.3, -0.25) is 4.79 Å². The lowest BCUT2D eigenvalue weighted by molar-refractivity contribution is -0.120. The van der Waals surface area contributed by atoms with E-state index in [-0.39, 0.29) is 22.8 Å². The summed E-state index contributed by atoms with van der Waals surface area (Å²) in [6.45, 7) is 6.89. The van der Waals surface area contributed by atoms with E-state index in [1.165, 1.54) is 0 Å². The summed E-state index contributed by atoms with van der Waals surface area (Å²) >= 11 is 0. The van der Waals surface area contributed by atoms with E-state index in [0.29, 0.717) is 19.6 Å². The smallest absolute Gasteiger partial charge is 0.241 e. The van der Waals surface area contributed by atoms with Crippen LogP contribution in [-0.4, -0.2) is 41.1 Å². The van der Waals surface area contributed by atoms with Gasteiger partial charge in [-0.15, -0.1) is 0 Å². The molecule has 0 aromatic heterocycles. The van der Waals surface area contributed by atoms with Crippen molar-refractivity contribution in [2.45, 2.75) is 37.5 Å². The summed E-state index contributed by atoms with van der Waals surface area (Å²) in [5, 5.41) is 2.62. The molecule has 0 aliphatic heterocycles. The lowest BCUT2D eigenvalue weighted by Gasteiger charge is -2.19. The third-order valence-electron chi connectivity index (χ3n) is 3.30. The maximum absolute atomic E-state index is 12.2. The van der Waals surface area contributed by atoms with Gasteiger partial charge in [0.25, 0.3) is 0 Å². The summed E-state index contributed by atoms with van der Waals surface area (Å²) < 4.78 is 31.5. The van der Waals surface area contributed by atoms with Crippen LogP contribution in [0.3, 0.4) is 0 Å². The van der Waals surface area contributed by atoms with Crippen LogP contribution in [0.5, 0.6) is 0 Å². The molecule has 0 heterocycles. The Hall–Kier alpha value is -1.44. The van der Waals surface area contributed by atoms with Crippen molar-refractivity contribution in [1.82, 2.24) is 10.0 Å². The Kier molecular flexibility index (Phi) is 7.18. The number of carbonyl (C=O) groups is 1. The van der Waals surface area contributed by atoms with Crippen molar-refractivity contribution in [1.29, 1.82) is 0 Å². The van der Waals surface area contributed by atoms with Crippen molar-refractivity contribution in [3.8, 4) is 0 Å². The van der Waals surface area contributed by atoms with E-state index in [2.05, 4.69) is 30.8 Å². The number of hydrogen-bond donors (Lipinski definition) is 2. The Morgan fingerprint density at radius 3 is 2.30 bits per heavy atom. The molecule has 1 amide bonds. The zero-order chi connectivity index (χ0) is 17.5. The van der Waals surface area contributed by atoms with Crippen molar-refractivity contribution in [3.05, 3.63) is 29.8 Å². The SMILES string of the molecule is COCCCNC(=O)CNS(=O)(=O)c1ccc(C(C)(C)C)cc1. The molecule has 0 aliphatic carbocycles. The van der Waals surface area contributed by atoms with E-state index in [4.69, 9.17) is 4.74 Å². The first-order chi connectivity index (χ1) is 10.7. The quantitative estimate of drug-likeness (QED) is 0.700. The molecule has 0 spiro atoms. The van der Waals surface area contributed by atoms with E-state index in [1.807, 2.05) is 0 Å². The van der Waals surface area contributed by atoms with Crippen molar-refractivity contribution in [2.75, 3.05) is 26.8 Å². The van der Waals surface area contributed by atoms with Crippen LogP contribution in [0.2, 0.25) is 0 Å². The summed E-state index contributed by atoms with van der Waals surface area (Å²) in [4.78, 5) is 11.7. The number of amides is 1. The monoisotopic (exact) mass is 342 g/mol. The van der Waals surface area contributed by atoms with E-state index in [0.717, 1.165) is 5.56 Å². The van der Waals surface area contributed by atoms with Crippen LogP contribution in [0.4, 0.5) is 0 Å². The zero-order valence-corrected chi connectivity index (χ0v) is 15.0. The first-order valence-corrected chi connectivity index (χ1v) is 9.01. The first kappa shape index (κ1) is 19.6. The topological polar surface area (TPSA) is 84.5 Å². The molecule has 0 saturated carbocycles. The van der Waals surface area contributed by atoms with Gasteiger partial charge in [-0.05, 0) is 29.5 Å². The number of carbonyl (C=O) groups excluding carboxylic acids is 1. The second kappa shape index (κ2) is 8.42. The highest BCUT2D eigenvalue weighted by molar-refractivity contribution is 7.89. The van der Waals surface area contributed by atoms with Gasteiger partial charge in [-0.25, -0.2) is 13.1 Å². The normalized spacial score (nSPS) is 12.2. The molecule has 0 atom stereocenters. The Bertz CT molecular complexity index is 604. The Balaban J connectivity index is 2.57. The largest absolute Gasteiger partial charge is 0.385 e. The predicted octanol–water partition coefficient (Wildman–Crippen LogP) is 1.42. The van der Waals surface area contributed by atoms with E-state index >= 15 is 0 Å². The fraction of sp³-hybridized carbons (Fsp3) is 0.562. The molecule has 1 aromatic carbocycles. The Morgan fingerprint density at radius 1 is 1.17 bits per heavy atom. The summed E-state index contributed by atoms with van der Waals surface area (Å²) in [5.41, 5.74) is 1.00. The lowest BCUT2D eigenvalue weighted by Crippen LogP contribution is -2.37. The van der Waals surface area contributed by atoms with Gasteiger partial charge in [-0.1, -0.05) is 32.9 Å². The minimum atomic E-state index is -3.69. The molecule has 7 heteroatoms. The maximum atomic E-state index is 12.2. The molecule has 0 bridgehead atoms. The standard InChI is InChI=1S/C16H26N2O4S/c1-16(2,3)13-6-8-14(9-7-13)23(20,21)18-12-15(19)17-10-5-11-22-4/h6-9,18H,5,10-12H2,1-4H3,(H,17,19). The number of nitrogens with one attached hydrogen (secondary N) is 2. The van der Waals surface area contributed by atoms with Crippen LogP contribution >= 0.6 is 0 Å². The van der Waals surface area contributed by atoms with E-state index in [9.17, 15) is 13.2 Å². The second-order valence-corrected chi connectivity index (χ2v) is 8.06. The minimum absolute atomic E-state index is 0.0438. The second-order valence-electron chi connectivity index (χ2n) is 6.30. The fourth-order valence-electron chi connectivity index (χ4n) is 1.88. The molecule has 1 rings (SSSR count). The third kappa shape index (κ3) is 6.68. The molecule has 0 saturated heterocycles. The van der Waals surface area contributed by atoms with E-state index in [1.54, 1.807) is 31.4 Å². The number of ether oxygens (including phenoxy) is 1. The maximum Gasteiger partial charge on any atom is 0.241 e. The van der Waals surface area contributed by atoms with Gasteiger partial charge in [0.15, 0.2) is 0 Å². The van der Waals surface area contributed by atoms with Crippen LogP contribution in [0.15, 0.2) is 29.2 Å². The van der Waals surface area contributed by atoms with Gasteiger partial charge in [0.05, 0.1) is 11.4 Å². The molecule has 0 aliphatic rings. The third-order valence-corrected chi connectivity index (χ3v) is 4.72. The van der Waals surface area contributed by atoms with Crippen molar-refractivity contribution in [2.24, 2.45) is 0 Å². The van der Waals surface area contributed by atoms with Gasteiger partial charge < -0.3 is 10.1 Å². The highest BCUT2D eigenvalue weighted by Gasteiger charge is 2.18. The molecular formula is C16H26N2O4S. The summed E-state index contributed by atoms with van der Waals surface area (Å²) in [6.07, 6.45) is 0.684. The summed E-state index contributed by atoms with van der Waals surface area (Å²) in [7, 11) is -2.10. The molecule has 2 N–H and O–H groups in total. The molecule has 1 aromatic rings. The molecule has 23 heavy (non-hydrogen) atoms. The number of rotatable bonds is 8. The van der Waals surface area contributed by atoms with Crippen molar-refractivity contribution >= 4 is 15.9 Å². The number of sulfonamides is 1. The van der Waals surface area contributed by atoms with Crippen LogP contribution < -0.4 is 10.0 Å². The average molecular weight is 342 g/mol. The van der Waals surface area contributed by atoms with Gasteiger partial charge in [0.2, 0.25) is 15.9 Å². The molecule has 0 radical (unpaired) electrons. The van der Waals surface area contributed by atoms with Gasteiger partial charge >= 0.3 is 0 Å². The molecule has 130 valence electrons. The lowest BCUT2D eigenvalue weighted by atomic mass is 9.87. The van der Waals surface area contributed by atoms with Crippen LogP contribution in [0, 0.1) is 0 Å². The van der Waals surface area contributed by atoms with Crippen LogP contribution in [0.1, 0.15) is 32.8 Å². The Labute approximate surface area is 138 Å². The molecular weight excluding hydrogens is 316 g/mol. The summed E-state index contributed by atoms with van der Waals surface area (Å²) in [6, 6.07) is 6.69.